The summed E-state index contributed by atoms with van der Waals surface area (Å²) in [7, 11) is 0. The number of esters is 1. The summed E-state index contributed by atoms with van der Waals surface area (Å²) >= 11 is 0. The number of Topliss-reactive ketones (excluding diaryl/α,β-unsaturated/α-hetero) is 1. The molecule has 0 radical (unpaired) electrons. The number of benzene rings is 1. The standard InChI is InChI=1S/C22H29N3O4/c1-15(26)19-13-25(14-21(28)29-22(3,4)5)20-7-6-17(12-18(19)20)24-10-8-23(9-11-24)16(2)27/h6-7,12-13H,8-11,14H2,1-5H3. The number of hydrogen-bond acceptors (Lipinski definition) is 5. The van der Waals surface area contributed by atoms with Crippen LogP contribution in [0.4, 0.5) is 5.69 Å². The van der Waals surface area contributed by atoms with Crippen LogP contribution >= 0.6 is 0 Å². The Morgan fingerprint density at radius 3 is 2.24 bits per heavy atom. The normalized spacial score (nSPS) is 14.9. The van der Waals surface area contributed by atoms with Gasteiger partial charge in [0, 0.05) is 61.5 Å². The van der Waals surface area contributed by atoms with Crippen molar-refractivity contribution >= 4 is 34.3 Å². The van der Waals surface area contributed by atoms with E-state index in [1.807, 2.05) is 43.9 Å². The van der Waals surface area contributed by atoms with E-state index in [4.69, 9.17) is 4.74 Å². The molecule has 1 aromatic heterocycles. The van der Waals surface area contributed by atoms with Crippen molar-refractivity contribution < 1.29 is 19.1 Å². The summed E-state index contributed by atoms with van der Waals surface area (Å²) < 4.78 is 7.20. The molecule has 2 aromatic rings. The Labute approximate surface area is 171 Å². The van der Waals surface area contributed by atoms with Crippen molar-refractivity contribution in [3.05, 3.63) is 30.0 Å². The van der Waals surface area contributed by atoms with E-state index in [0.29, 0.717) is 18.7 Å². The summed E-state index contributed by atoms with van der Waals surface area (Å²) in [5, 5.41) is 0.826. The van der Waals surface area contributed by atoms with Gasteiger partial charge in [-0.05, 0) is 45.9 Å². The Hall–Kier alpha value is -2.83. The zero-order chi connectivity index (χ0) is 21.3. The molecule has 2 heterocycles. The first kappa shape index (κ1) is 20.9. The van der Waals surface area contributed by atoms with E-state index in [-0.39, 0.29) is 24.2 Å². The molecule has 1 aliphatic heterocycles. The van der Waals surface area contributed by atoms with Crippen LogP contribution in [0.3, 0.4) is 0 Å². The van der Waals surface area contributed by atoms with Crippen LogP contribution in [-0.2, 0) is 20.9 Å². The average molecular weight is 399 g/mol. The Bertz CT molecular complexity index is 947. The molecule has 1 fully saturated rings. The molecule has 1 aliphatic rings. The van der Waals surface area contributed by atoms with E-state index < -0.39 is 5.60 Å². The highest BCUT2D eigenvalue weighted by Gasteiger charge is 2.22. The quantitative estimate of drug-likeness (QED) is 0.584. The second kappa shape index (κ2) is 7.89. The van der Waals surface area contributed by atoms with Crippen molar-refractivity contribution in [2.45, 2.75) is 46.8 Å². The fraction of sp³-hybridized carbons (Fsp3) is 0.500. The van der Waals surface area contributed by atoms with Crippen LogP contribution in [0.25, 0.3) is 10.9 Å². The first-order valence-electron chi connectivity index (χ1n) is 9.91. The minimum atomic E-state index is -0.557. The number of carbonyl (C=O) groups is 3. The van der Waals surface area contributed by atoms with Gasteiger partial charge in [-0.1, -0.05) is 0 Å². The van der Waals surface area contributed by atoms with Gasteiger partial charge in [-0.15, -0.1) is 0 Å². The maximum atomic E-state index is 12.3. The minimum Gasteiger partial charge on any atom is -0.459 e. The first-order chi connectivity index (χ1) is 13.5. The highest BCUT2D eigenvalue weighted by Crippen LogP contribution is 2.28. The van der Waals surface area contributed by atoms with Crippen molar-refractivity contribution in [2.75, 3.05) is 31.1 Å². The molecule has 0 unspecified atom stereocenters. The lowest BCUT2D eigenvalue weighted by atomic mass is 10.1. The van der Waals surface area contributed by atoms with Gasteiger partial charge in [0.1, 0.15) is 12.1 Å². The monoisotopic (exact) mass is 399 g/mol. The number of nitrogens with zero attached hydrogens (tertiary/aromatic N) is 3. The fourth-order valence-corrected chi connectivity index (χ4v) is 3.69. The molecule has 7 heteroatoms. The van der Waals surface area contributed by atoms with Crippen LogP contribution in [0, 0.1) is 0 Å². The largest absolute Gasteiger partial charge is 0.459 e. The Morgan fingerprint density at radius 2 is 1.69 bits per heavy atom. The van der Waals surface area contributed by atoms with Crippen LogP contribution in [-0.4, -0.2) is 58.9 Å². The summed E-state index contributed by atoms with van der Waals surface area (Å²) in [6, 6.07) is 5.95. The molecule has 7 nitrogen and oxygen atoms in total. The van der Waals surface area contributed by atoms with Crippen LogP contribution in [0.1, 0.15) is 45.0 Å². The molecule has 0 atom stereocenters. The number of aromatic nitrogens is 1. The lowest BCUT2D eigenvalue weighted by molar-refractivity contribution is -0.155. The predicted molar refractivity (Wildman–Crippen MR) is 112 cm³/mol. The third kappa shape index (κ3) is 4.78. The number of ketones is 1. The minimum absolute atomic E-state index is 0.0449. The van der Waals surface area contributed by atoms with Crippen LogP contribution in [0.2, 0.25) is 0 Å². The van der Waals surface area contributed by atoms with Gasteiger partial charge in [0.2, 0.25) is 5.91 Å². The number of piperazine rings is 1. The van der Waals surface area contributed by atoms with Crippen LogP contribution in [0.5, 0.6) is 0 Å². The first-order valence-corrected chi connectivity index (χ1v) is 9.91. The number of anilines is 1. The van der Waals surface area contributed by atoms with Crippen molar-refractivity contribution in [2.24, 2.45) is 0 Å². The van der Waals surface area contributed by atoms with Crippen LogP contribution < -0.4 is 4.90 Å². The van der Waals surface area contributed by atoms with Gasteiger partial charge in [-0.25, -0.2) is 0 Å². The number of carbonyl (C=O) groups excluding carboxylic acids is 3. The highest BCUT2D eigenvalue weighted by molar-refractivity contribution is 6.08. The smallest absolute Gasteiger partial charge is 0.326 e. The van der Waals surface area contributed by atoms with Gasteiger partial charge >= 0.3 is 5.97 Å². The molecule has 156 valence electrons. The molecule has 1 saturated heterocycles. The topological polar surface area (TPSA) is 71.8 Å². The molecular weight excluding hydrogens is 370 g/mol. The Kier molecular flexibility index (Phi) is 5.68. The third-order valence-electron chi connectivity index (χ3n) is 5.05. The van der Waals surface area contributed by atoms with Gasteiger partial charge in [0.25, 0.3) is 0 Å². The van der Waals surface area contributed by atoms with Gasteiger partial charge in [-0.2, -0.15) is 0 Å². The summed E-state index contributed by atoms with van der Waals surface area (Å²) in [4.78, 5) is 40.1. The number of ether oxygens (including phenoxy) is 1. The number of rotatable bonds is 4. The second-order valence-electron chi connectivity index (χ2n) is 8.51. The lowest BCUT2D eigenvalue weighted by Gasteiger charge is -2.35. The fourth-order valence-electron chi connectivity index (χ4n) is 3.69. The highest BCUT2D eigenvalue weighted by atomic mass is 16.6. The number of hydrogen-bond donors (Lipinski definition) is 0. The van der Waals surface area contributed by atoms with Gasteiger partial charge in [0.05, 0.1) is 0 Å². The number of fused-ring (bicyclic) bond motifs is 1. The molecule has 0 N–H and O–H groups in total. The molecule has 1 aromatic carbocycles. The molecular formula is C22H29N3O4. The summed E-state index contributed by atoms with van der Waals surface area (Å²) in [6.45, 7) is 11.5. The molecule has 0 saturated carbocycles. The van der Waals surface area contributed by atoms with Gasteiger partial charge in [0.15, 0.2) is 5.78 Å². The Morgan fingerprint density at radius 1 is 1.03 bits per heavy atom. The molecule has 1 amide bonds. The van der Waals surface area contributed by atoms with Crippen molar-refractivity contribution in [3.8, 4) is 0 Å². The van der Waals surface area contributed by atoms with Crippen LogP contribution in [0.15, 0.2) is 24.4 Å². The summed E-state index contributed by atoms with van der Waals surface area (Å²) in [5.74, 6) is -0.288. The van der Waals surface area contributed by atoms with E-state index >= 15 is 0 Å². The SMILES string of the molecule is CC(=O)c1cn(CC(=O)OC(C)(C)C)c2ccc(N3CCN(C(C)=O)CC3)cc12. The molecule has 0 aliphatic carbocycles. The number of amides is 1. The van der Waals surface area contributed by atoms with Crippen molar-refractivity contribution in [1.82, 2.24) is 9.47 Å². The van der Waals surface area contributed by atoms with E-state index in [2.05, 4.69) is 4.90 Å². The maximum absolute atomic E-state index is 12.3. The van der Waals surface area contributed by atoms with Gasteiger partial charge in [-0.3, -0.25) is 14.4 Å². The van der Waals surface area contributed by atoms with E-state index in [9.17, 15) is 14.4 Å². The molecule has 0 bridgehead atoms. The Balaban J connectivity index is 1.88. The van der Waals surface area contributed by atoms with E-state index in [1.165, 1.54) is 6.92 Å². The predicted octanol–water partition coefficient (Wildman–Crippen LogP) is 2.85. The molecule has 29 heavy (non-hydrogen) atoms. The molecule has 3 rings (SSSR count). The zero-order valence-electron chi connectivity index (χ0n) is 17.8. The molecule has 0 spiro atoms. The maximum Gasteiger partial charge on any atom is 0.326 e. The van der Waals surface area contributed by atoms with Crippen molar-refractivity contribution in [3.63, 3.8) is 0 Å². The summed E-state index contributed by atoms with van der Waals surface area (Å²) in [6.07, 6.45) is 1.73. The summed E-state index contributed by atoms with van der Waals surface area (Å²) in [5.41, 5.74) is 1.87. The lowest BCUT2D eigenvalue weighted by Crippen LogP contribution is -2.48. The van der Waals surface area contributed by atoms with E-state index in [1.54, 1.807) is 17.7 Å². The van der Waals surface area contributed by atoms with E-state index in [0.717, 1.165) is 29.7 Å². The van der Waals surface area contributed by atoms with Crippen molar-refractivity contribution in [1.29, 1.82) is 0 Å². The third-order valence-corrected chi connectivity index (χ3v) is 5.05. The van der Waals surface area contributed by atoms with Gasteiger partial charge < -0.3 is 19.1 Å². The zero-order valence-corrected chi connectivity index (χ0v) is 17.8. The average Bonchev–Trinajstić information content (AvgIpc) is 2.98. The second-order valence-corrected chi connectivity index (χ2v) is 8.51.